The van der Waals surface area contributed by atoms with E-state index in [1.807, 2.05) is 37.3 Å². The van der Waals surface area contributed by atoms with Crippen molar-refractivity contribution < 1.29 is 9.53 Å². The number of allylic oxidation sites excluding steroid dienone is 2. The molecule has 0 spiro atoms. The molecular formula is C17H19N3O2S. The number of amides is 1. The molecule has 2 rings (SSSR count). The zero-order valence-corrected chi connectivity index (χ0v) is 14.2. The molecular weight excluding hydrogens is 310 g/mol. The van der Waals surface area contributed by atoms with Crippen molar-refractivity contribution in [3.8, 4) is 11.8 Å². The number of nitrogens with two attached hydrogens (primary N) is 1. The third-order valence-corrected chi connectivity index (χ3v) is 4.72. The minimum Gasteiger partial charge on any atom is -0.497 e. The summed E-state index contributed by atoms with van der Waals surface area (Å²) in [6.07, 6.45) is 2.44. The first-order chi connectivity index (χ1) is 11.0. The minimum absolute atomic E-state index is 0.0187. The van der Waals surface area contributed by atoms with E-state index in [-0.39, 0.29) is 5.57 Å². The number of anilines is 1. The van der Waals surface area contributed by atoms with Crippen LogP contribution >= 0.6 is 11.8 Å². The number of methoxy groups -OCH3 is 1. The first-order valence-electron chi connectivity index (χ1n) is 7.33. The molecule has 0 unspecified atom stereocenters. The Balaban J connectivity index is 2.49. The molecule has 1 aromatic rings. The molecule has 0 fully saturated rings. The number of nitriles is 1. The van der Waals surface area contributed by atoms with Crippen LogP contribution < -0.4 is 15.4 Å². The summed E-state index contributed by atoms with van der Waals surface area (Å²) < 4.78 is 5.29. The maximum absolute atomic E-state index is 11.4. The molecule has 1 aliphatic rings. The summed E-state index contributed by atoms with van der Waals surface area (Å²) in [7, 11) is 1.64. The first kappa shape index (κ1) is 17.0. The van der Waals surface area contributed by atoms with Gasteiger partial charge in [-0.25, -0.2) is 0 Å². The number of fused-ring (bicyclic) bond motifs is 1. The Hall–Kier alpha value is -2.39. The van der Waals surface area contributed by atoms with Crippen molar-refractivity contribution in [2.45, 2.75) is 25.2 Å². The largest absolute Gasteiger partial charge is 0.497 e. The van der Waals surface area contributed by atoms with Crippen LogP contribution in [0.25, 0.3) is 0 Å². The quantitative estimate of drug-likeness (QED) is 0.663. The van der Waals surface area contributed by atoms with Crippen molar-refractivity contribution in [2.24, 2.45) is 5.73 Å². The third kappa shape index (κ3) is 3.35. The van der Waals surface area contributed by atoms with Crippen LogP contribution in [0.15, 0.2) is 45.3 Å². The lowest BCUT2D eigenvalue weighted by molar-refractivity contribution is -0.114. The van der Waals surface area contributed by atoms with Gasteiger partial charge in [-0.2, -0.15) is 5.26 Å². The maximum atomic E-state index is 11.4. The average Bonchev–Trinajstić information content (AvgIpc) is 2.90. The van der Waals surface area contributed by atoms with Crippen LogP contribution in [0.3, 0.4) is 0 Å². The third-order valence-electron chi connectivity index (χ3n) is 3.61. The number of benzene rings is 1. The predicted octanol–water partition coefficient (Wildman–Crippen LogP) is 3.18. The van der Waals surface area contributed by atoms with Crippen LogP contribution in [0.1, 0.15) is 20.3 Å². The highest BCUT2D eigenvalue weighted by molar-refractivity contribution is 8.03. The van der Waals surface area contributed by atoms with E-state index in [1.165, 1.54) is 0 Å². The molecule has 0 atom stereocenters. The van der Waals surface area contributed by atoms with Gasteiger partial charge in [0.25, 0.3) is 5.91 Å². The standard InChI is InChI=1S/C17H19N3O2S/c1-4-11(13(10-18)17(19)21)8-16-20(5-2)14-9-12(22-3)6-7-15(14)23-16/h6-9H,4-5H2,1-3H3,(H2,19,21)/b13-11-,16-8-. The molecule has 0 saturated carbocycles. The van der Waals surface area contributed by atoms with Crippen molar-refractivity contribution in [1.29, 1.82) is 5.26 Å². The van der Waals surface area contributed by atoms with E-state index in [0.717, 1.165) is 27.9 Å². The van der Waals surface area contributed by atoms with E-state index in [2.05, 4.69) is 11.8 Å². The lowest BCUT2D eigenvalue weighted by Gasteiger charge is -2.19. The van der Waals surface area contributed by atoms with Crippen molar-refractivity contribution in [3.63, 3.8) is 0 Å². The molecule has 23 heavy (non-hydrogen) atoms. The number of hydrogen-bond donors (Lipinski definition) is 1. The molecule has 0 bridgehead atoms. The predicted molar refractivity (Wildman–Crippen MR) is 92.1 cm³/mol. The Labute approximate surface area is 140 Å². The SMILES string of the molecule is CCC(/C=C1\Sc2ccc(OC)cc2N1CC)=C(\C#N)C(N)=O. The maximum Gasteiger partial charge on any atom is 0.259 e. The lowest BCUT2D eigenvalue weighted by Crippen LogP contribution is -2.18. The molecule has 5 nitrogen and oxygen atoms in total. The summed E-state index contributed by atoms with van der Waals surface area (Å²) in [5, 5.41) is 10.1. The number of nitrogens with zero attached hydrogens (tertiary/aromatic N) is 2. The molecule has 120 valence electrons. The molecule has 1 aliphatic heterocycles. The summed E-state index contributed by atoms with van der Waals surface area (Å²) in [5.74, 6) is 0.108. The van der Waals surface area contributed by atoms with E-state index in [9.17, 15) is 4.79 Å². The Morgan fingerprint density at radius 3 is 2.74 bits per heavy atom. The Morgan fingerprint density at radius 1 is 1.48 bits per heavy atom. The van der Waals surface area contributed by atoms with Crippen molar-refractivity contribution in [2.75, 3.05) is 18.6 Å². The monoisotopic (exact) mass is 329 g/mol. The normalized spacial score (nSPS) is 15.9. The fourth-order valence-electron chi connectivity index (χ4n) is 2.43. The van der Waals surface area contributed by atoms with Gasteiger partial charge in [0.15, 0.2) is 0 Å². The smallest absolute Gasteiger partial charge is 0.259 e. The number of carbonyl (C=O) groups excluding carboxylic acids is 1. The van der Waals surface area contributed by atoms with Crippen LogP contribution in [0.4, 0.5) is 5.69 Å². The molecule has 0 radical (unpaired) electrons. The van der Waals surface area contributed by atoms with Crippen molar-refractivity contribution >= 4 is 23.4 Å². The summed E-state index contributed by atoms with van der Waals surface area (Å²) >= 11 is 1.61. The molecule has 0 aromatic heterocycles. The second-order valence-corrected chi connectivity index (χ2v) is 5.95. The van der Waals surface area contributed by atoms with Crippen LogP contribution in [-0.2, 0) is 4.79 Å². The van der Waals surface area contributed by atoms with Gasteiger partial charge in [-0.15, -0.1) is 0 Å². The van der Waals surface area contributed by atoms with Crippen LogP contribution in [0.5, 0.6) is 5.75 Å². The highest BCUT2D eigenvalue weighted by atomic mass is 32.2. The Bertz CT molecular complexity index is 732. The highest BCUT2D eigenvalue weighted by Crippen LogP contribution is 2.47. The fourth-order valence-corrected chi connectivity index (χ4v) is 3.60. The van der Waals surface area contributed by atoms with Crippen molar-refractivity contribution in [3.05, 3.63) is 40.5 Å². The van der Waals surface area contributed by atoms with Gasteiger partial charge in [0.1, 0.15) is 17.4 Å². The molecule has 0 saturated heterocycles. The zero-order valence-electron chi connectivity index (χ0n) is 13.4. The van der Waals surface area contributed by atoms with E-state index < -0.39 is 5.91 Å². The van der Waals surface area contributed by atoms with Crippen LogP contribution in [-0.4, -0.2) is 19.6 Å². The van der Waals surface area contributed by atoms with Gasteiger partial charge < -0.3 is 15.4 Å². The Kier molecular flexibility index (Phi) is 5.35. The fraction of sp³-hybridized carbons (Fsp3) is 0.294. The summed E-state index contributed by atoms with van der Waals surface area (Å²) in [6, 6.07) is 7.83. The van der Waals surface area contributed by atoms with Crippen LogP contribution in [0.2, 0.25) is 0 Å². The topological polar surface area (TPSA) is 79.3 Å². The first-order valence-corrected chi connectivity index (χ1v) is 8.15. The molecule has 2 N–H and O–H groups in total. The molecule has 6 heteroatoms. The summed E-state index contributed by atoms with van der Waals surface area (Å²) in [6.45, 7) is 4.73. The van der Waals surface area contributed by atoms with E-state index in [0.29, 0.717) is 12.0 Å². The zero-order chi connectivity index (χ0) is 17.0. The molecule has 1 amide bonds. The van der Waals surface area contributed by atoms with Gasteiger partial charge in [0, 0.05) is 17.5 Å². The van der Waals surface area contributed by atoms with E-state index >= 15 is 0 Å². The molecule has 1 heterocycles. The number of carbonyl (C=O) groups is 1. The number of primary amides is 1. The minimum atomic E-state index is -0.688. The average molecular weight is 329 g/mol. The van der Waals surface area contributed by atoms with Crippen molar-refractivity contribution in [1.82, 2.24) is 0 Å². The van der Waals surface area contributed by atoms with Gasteiger partial charge >= 0.3 is 0 Å². The highest BCUT2D eigenvalue weighted by Gasteiger charge is 2.25. The molecule has 0 aliphatic carbocycles. The number of ether oxygens (including phenoxy) is 1. The number of hydrogen-bond acceptors (Lipinski definition) is 5. The summed E-state index contributed by atoms with van der Waals surface area (Å²) in [5.41, 5.74) is 7.04. The van der Waals surface area contributed by atoms with E-state index in [1.54, 1.807) is 18.9 Å². The van der Waals surface area contributed by atoms with Crippen LogP contribution in [0, 0.1) is 11.3 Å². The van der Waals surface area contributed by atoms with Gasteiger partial charge in [-0.1, -0.05) is 18.7 Å². The van der Waals surface area contributed by atoms with E-state index in [4.69, 9.17) is 15.7 Å². The summed E-state index contributed by atoms with van der Waals surface area (Å²) in [4.78, 5) is 14.7. The van der Waals surface area contributed by atoms with Gasteiger partial charge in [0.05, 0.1) is 17.8 Å². The Morgan fingerprint density at radius 2 is 2.22 bits per heavy atom. The van der Waals surface area contributed by atoms with Gasteiger partial charge in [-0.3, -0.25) is 4.79 Å². The molecule has 1 aromatic carbocycles. The van der Waals surface area contributed by atoms with Gasteiger partial charge in [0.2, 0.25) is 0 Å². The number of rotatable bonds is 5. The lowest BCUT2D eigenvalue weighted by atomic mass is 10.1. The van der Waals surface area contributed by atoms with Gasteiger partial charge in [-0.05, 0) is 37.1 Å². The second-order valence-electron chi connectivity index (χ2n) is 4.89. The second kappa shape index (κ2) is 7.25. The number of thioether (sulfide) groups is 1.